The molecular formula is C51H82B3ClN13O9PS2. The molecule has 29 heteroatoms. The molecule has 4 aromatic rings. The number of halogens is 1. The predicted octanol–water partition coefficient (Wildman–Crippen LogP) is 7.96. The molecule has 1 unspecified atom stereocenters. The van der Waals surface area contributed by atoms with Crippen LogP contribution in [0.1, 0.15) is 103 Å². The van der Waals surface area contributed by atoms with Crippen LogP contribution in [0.5, 0.6) is 0 Å². The topological polar surface area (TPSA) is 285 Å². The van der Waals surface area contributed by atoms with Gasteiger partial charge in [0.1, 0.15) is 0 Å². The van der Waals surface area contributed by atoms with Crippen molar-refractivity contribution in [1.29, 1.82) is 0 Å². The van der Waals surface area contributed by atoms with E-state index >= 15 is 0 Å². The van der Waals surface area contributed by atoms with Gasteiger partial charge >= 0.3 is 35.7 Å². The normalized spacial score (nSPS) is 12.3. The van der Waals surface area contributed by atoms with Gasteiger partial charge in [-0.2, -0.15) is 24.1 Å². The molecular weight excluding hydrogens is 1100 g/mol. The summed E-state index contributed by atoms with van der Waals surface area (Å²) >= 11 is 7.98. The first-order valence-corrected chi connectivity index (χ1v) is 29.1. The number of thioether (sulfide) groups is 2. The summed E-state index contributed by atoms with van der Waals surface area (Å²) in [4.78, 5) is 69.0. The van der Waals surface area contributed by atoms with E-state index in [1.165, 1.54) is 98.6 Å². The second kappa shape index (κ2) is 45.6. The summed E-state index contributed by atoms with van der Waals surface area (Å²) in [5, 5.41) is 25.9. The van der Waals surface area contributed by atoms with E-state index in [0.29, 0.717) is 36.4 Å². The molecule has 0 bridgehead atoms. The molecule has 0 aliphatic carbocycles. The fraction of sp³-hybridized carbons (Fsp3) is 0.569. The molecule has 438 valence electrons. The number of carbonyl (C=O) groups excluding carboxylic acids is 2. The van der Waals surface area contributed by atoms with E-state index in [9.17, 15) is 29.8 Å². The Morgan fingerprint density at radius 3 is 1.57 bits per heavy atom. The summed E-state index contributed by atoms with van der Waals surface area (Å²) in [6.45, 7) is 23.0. The van der Waals surface area contributed by atoms with Crippen molar-refractivity contribution in [3.05, 3.63) is 96.2 Å². The third-order valence-corrected chi connectivity index (χ3v) is 13.0. The fourth-order valence-electron chi connectivity index (χ4n) is 7.94. The van der Waals surface area contributed by atoms with Crippen molar-refractivity contribution in [3.8, 4) is 0 Å². The summed E-state index contributed by atoms with van der Waals surface area (Å²) in [6.07, 6.45) is 9.09. The Hall–Kier alpha value is -5.01. The molecule has 6 radical (unpaired) electrons. The Morgan fingerprint density at radius 2 is 1.15 bits per heavy atom. The maximum atomic E-state index is 12.0. The van der Waals surface area contributed by atoms with Gasteiger partial charge < -0.3 is 36.1 Å². The predicted molar refractivity (Wildman–Crippen MR) is 330 cm³/mol. The molecule has 2 saturated heterocycles. The van der Waals surface area contributed by atoms with Crippen LogP contribution in [0.2, 0.25) is 5.15 Å². The maximum absolute atomic E-state index is 12.0. The van der Waals surface area contributed by atoms with Crippen LogP contribution in [0.3, 0.4) is 0 Å². The number of likely N-dealkylation sites (tertiary alicyclic amines) is 2. The molecule has 22 nitrogen and oxygen atoms in total. The Bertz CT molecular complexity index is 2380. The number of anilines is 3. The number of benzene rings is 2. The number of esters is 2. The van der Waals surface area contributed by atoms with E-state index < -0.39 is 15.5 Å². The number of nitrogens with zero attached hydrogens (tertiary/aromatic N) is 10. The number of nitro groups is 2. The van der Waals surface area contributed by atoms with Gasteiger partial charge in [0.15, 0.2) is 10.3 Å². The van der Waals surface area contributed by atoms with E-state index in [-0.39, 0.29) is 75.6 Å². The number of nitrogens with two attached hydrogens (primary N) is 2. The zero-order valence-corrected chi connectivity index (χ0v) is 50.3. The van der Waals surface area contributed by atoms with Crippen LogP contribution in [-0.2, 0) is 49.9 Å². The van der Waals surface area contributed by atoms with Gasteiger partial charge in [0.2, 0.25) is 22.6 Å². The van der Waals surface area contributed by atoms with Gasteiger partial charge in [-0.15, -0.1) is 0 Å². The van der Waals surface area contributed by atoms with Gasteiger partial charge in [-0.1, -0.05) is 112 Å². The summed E-state index contributed by atoms with van der Waals surface area (Å²) < 4.78 is 17.7. The average Bonchev–Trinajstić information content (AvgIpc) is 4.16. The first-order valence-electron chi connectivity index (χ1n) is 25.6. The molecule has 0 saturated carbocycles. The standard InChI is InChI=1S/C22H30N6O4S.C17H26N2O2.C6H15N.C5H5ClN4O2S.CH4.BO.BH2P.B/c1-3-32-18(29)9-12-27(21-19(28(30)31)20(23)24-22(25-21)33-2)15-17-8-6-7-16(13-17)14-26-10-4-5-11-26;1-2-21-17(20)8-9-18-13-15-6-5-7-16(12-15)14-19-10-3-4-11-19;1-4-7(5-2)6-3;1-13-5-8-3(6)2(10(11)12)4(7)9-5;;2*1-2;/h6-8,13H,3-5,9-12,14-15H2,1-2H3,(H2,23,24,25);5-7,12,18H,2-4,8-11,13-14H2,1H3;4-6H2,1-3H3;1H3,(H2,7,8,9);1H4;;2H2;. The molecule has 0 spiro atoms. The Labute approximate surface area is 494 Å². The number of nitrogens with one attached hydrogen (secondary N) is 1. The van der Waals surface area contributed by atoms with Crippen LogP contribution in [0, 0.1) is 20.2 Å². The number of hydrogen-bond acceptors (Lipinski definition) is 22. The van der Waals surface area contributed by atoms with Gasteiger partial charge in [-0.05, 0) is 120 Å². The van der Waals surface area contributed by atoms with Crippen molar-refractivity contribution >= 4 is 109 Å². The molecule has 2 aliphatic rings. The van der Waals surface area contributed by atoms with Gasteiger partial charge in [-0.25, -0.2) is 4.98 Å². The number of hydrogen-bond donors (Lipinski definition) is 3. The van der Waals surface area contributed by atoms with Gasteiger partial charge in [-0.3, -0.25) is 39.6 Å². The van der Waals surface area contributed by atoms with Crippen molar-refractivity contribution < 1.29 is 33.6 Å². The minimum atomic E-state index is -0.707. The molecule has 5 N–H and O–H groups in total. The van der Waals surface area contributed by atoms with Crippen molar-refractivity contribution in [1.82, 2.24) is 40.0 Å². The Kier molecular flexibility index (Phi) is 43.9. The second-order valence-corrected chi connectivity index (χ2v) is 18.9. The smallest absolute Gasteiger partial charge is 0.0996 e. The molecule has 2 aromatic heterocycles. The third kappa shape index (κ3) is 29.6. The van der Waals surface area contributed by atoms with E-state index in [1.807, 2.05) is 28.2 Å². The second-order valence-electron chi connectivity index (χ2n) is 17.0. The molecule has 0 amide bonds. The Morgan fingerprint density at radius 1 is 0.725 bits per heavy atom. The average molecular weight is 1180 g/mol. The van der Waals surface area contributed by atoms with Gasteiger partial charge in [0.05, 0.1) is 43.5 Å². The van der Waals surface area contributed by atoms with Crippen LogP contribution in [0.4, 0.5) is 28.8 Å². The monoisotopic (exact) mass is 1180 g/mol. The van der Waals surface area contributed by atoms with E-state index in [0.717, 1.165) is 38.3 Å². The molecule has 1 atom stereocenters. The largest absolute Gasteiger partial charge is 0.187 e. The van der Waals surface area contributed by atoms with E-state index in [1.54, 1.807) is 24.3 Å². The summed E-state index contributed by atoms with van der Waals surface area (Å²) in [5.74, 6) is -0.813. The van der Waals surface area contributed by atoms with Gasteiger partial charge in [0, 0.05) is 47.7 Å². The third-order valence-electron chi connectivity index (χ3n) is 11.7. The SMILES string of the molecule is C.CCN(CC)CC.CCOC(=O)CCN(Cc1cccc(CN2CCCC2)c1)c1nc(SC)nc(N)c1[N+](=O)[O-].CCOC(=O)CCNCc1cccc(CN2CCCC2)c1.CSc1nc(N)c([N+](=O)[O-])c(Cl)n1.[B].[B]=O.[B]P. The van der Waals surface area contributed by atoms with Crippen molar-refractivity contribution in [2.45, 2.75) is 117 Å². The quantitative estimate of drug-likeness (QED) is 0.00690. The number of nitrogen functional groups attached to an aromatic ring is 2. The zero-order valence-electron chi connectivity index (χ0n) is 46.8. The molecule has 4 heterocycles. The Balaban J connectivity index is 0. The molecule has 2 aromatic carbocycles. The maximum Gasteiger partial charge on any atom is 0.0996 e. The van der Waals surface area contributed by atoms with Crippen molar-refractivity contribution in [3.63, 3.8) is 0 Å². The zero-order chi connectivity index (χ0) is 58.4. The first-order chi connectivity index (χ1) is 37.6. The molecule has 6 rings (SSSR count). The number of carbonyl (C=O) groups is 2. The summed E-state index contributed by atoms with van der Waals surface area (Å²) in [6, 6.07) is 16.8. The van der Waals surface area contributed by atoms with Crippen LogP contribution < -0.4 is 21.7 Å². The van der Waals surface area contributed by atoms with Crippen LogP contribution in [-0.4, -0.2) is 165 Å². The first kappa shape index (κ1) is 77.1. The van der Waals surface area contributed by atoms with E-state index in [2.05, 4.69) is 112 Å². The van der Waals surface area contributed by atoms with Crippen LogP contribution in [0.25, 0.3) is 0 Å². The number of ether oxygens (including phenoxy) is 2. The molecule has 80 heavy (non-hydrogen) atoms. The molecule has 2 fully saturated rings. The fourth-order valence-corrected chi connectivity index (χ4v) is 8.97. The van der Waals surface area contributed by atoms with Crippen molar-refractivity contribution in [2.24, 2.45) is 0 Å². The van der Waals surface area contributed by atoms with Crippen LogP contribution in [0.15, 0.2) is 58.8 Å². The van der Waals surface area contributed by atoms with Crippen molar-refractivity contribution in [2.75, 3.05) is 101 Å². The number of rotatable bonds is 24. The van der Waals surface area contributed by atoms with Gasteiger partial charge in [0.25, 0.3) is 0 Å². The minimum Gasteiger partial charge on any atom is -0.187 e. The summed E-state index contributed by atoms with van der Waals surface area (Å²) in [5.41, 5.74) is 15.2. The minimum absolute atomic E-state index is 0. The number of aromatic nitrogens is 4. The molecule has 2 aliphatic heterocycles. The van der Waals surface area contributed by atoms with E-state index in [4.69, 9.17) is 37.2 Å². The summed E-state index contributed by atoms with van der Waals surface area (Å²) in [7, 11) is 9.58. The van der Waals surface area contributed by atoms with Crippen LogP contribution >= 0.6 is 44.2 Å².